The normalized spacial score (nSPS) is 16.7. The number of hydrogen-bond donors (Lipinski definition) is 1. The van der Waals surface area contributed by atoms with Gasteiger partial charge in [-0.3, -0.25) is 0 Å². The SMILES string of the molecule is NC(Cl)C(Cl)(Cl)Br. The molecule has 0 aromatic heterocycles. The van der Waals surface area contributed by atoms with E-state index in [2.05, 4.69) is 15.9 Å². The first kappa shape index (κ1) is 8.31. The molecular formula is C2H3BrCl3N. The average Bonchev–Trinajstić information content (AvgIpc) is 1.31. The van der Waals surface area contributed by atoms with Gasteiger partial charge in [-0.15, -0.1) is 11.6 Å². The van der Waals surface area contributed by atoms with E-state index in [0.29, 0.717) is 0 Å². The van der Waals surface area contributed by atoms with E-state index in [1.54, 1.807) is 0 Å². The van der Waals surface area contributed by atoms with Crippen LogP contribution in [0.15, 0.2) is 0 Å². The molecule has 0 rings (SSSR count). The van der Waals surface area contributed by atoms with Gasteiger partial charge in [0.2, 0.25) is 3.24 Å². The predicted molar refractivity (Wildman–Crippen MR) is 37.2 cm³/mol. The van der Waals surface area contributed by atoms with Gasteiger partial charge in [0, 0.05) is 0 Å². The van der Waals surface area contributed by atoms with Crippen LogP contribution in [0.25, 0.3) is 0 Å². The van der Waals surface area contributed by atoms with Crippen LogP contribution in [0.4, 0.5) is 0 Å². The maximum atomic E-state index is 5.29. The van der Waals surface area contributed by atoms with Crippen molar-refractivity contribution in [3.63, 3.8) is 0 Å². The van der Waals surface area contributed by atoms with Crippen LogP contribution in [-0.2, 0) is 0 Å². The lowest BCUT2D eigenvalue weighted by atomic mass is 10.8. The highest BCUT2D eigenvalue weighted by atomic mass is 79.9. The fourth-order valence-corrected chi connectivity index (χ4v) is 0. The van der Waals surface area contributed by atoms with Gasteiger partial charge in [0.1, 0.15) is 5.50 Å². The zero-order valence-electron chi connectivity index (χ0n) is 3.17. The summed E-state index contributed by atoms with van der Waals surface area (Å²) in [5.74, 6) is 0. The summed E-state index contributed by atoms with van der Waals surface area (Å²) in [7, 11) is 0. The first-order chi connectivity index (χ1) is 2.94. The fraction of sp³-hybridized carbons (Fsp3) is 1.00. The van der Waals surface area contributed by atoms with Crippen molar-refractivity contribution in [2.75, 3.05) is 0 Å². The van der Waals surface area contributed by atoms with Gasteiger partial charge >= 0.3 is 0 Å². The Labute approximate surface area is 65.2 Å². The molecule has 5 heteroatoms. The minimum absolute atomic E-state index is 0.782. The molecule has 0 aromatic carbocycles. The zero-order chi connectivity index (χ0) is 6.08. The van der Waals surface area contributed by atoms with Gasteiger partial charge in [-0.2, -0.15) is 0 Å². The minimum Gasteiger partial charge on any atom is -0.312 e. The molecule has 0 aliphatic carbocycles. The van der Waals surface area contributed by atoms with Gasteiger partial charge in [-0.25, -0.2) is 0 Å². The summed E-state index contributed by atoms with van der Waals surface area (Å²) in [5.41, 5.74) is 4.24. The largest absolute Gasteiger partial charge is 0.312 e. The van der Waals surface area contributed by atoms with Crippen molar-refractivity contribution in [3.8, 4) is 0 Å². The Hall–Kier alpha value is 1.31. The molecule has 0 heterocycles. The summed E-state index contributed by atoms with van der Waals surface area (Å²) >= 11 is 18.6. The number of halogens is 4. The highest BCUT2D eigenvalue weighted by molar-refractivity contribution is 9.11. The predicted octanol–water partition coefficient (Wildman–Crippen LogP) is 2.04. The summed E-state index contributed by atoms with van der Waals surface area (Å²) in [6.07, 6.45) is 0. The molecule has 1 atom stereocenters. The Bertz CT molecular complexity index is 58.4. The van der Waals surface area contributed by atoms with Gasteiger partial charge in [-0.05, 0) is 15.9 Å². The van der Waals surface area contributed by atoms with Gasteiger partial charge in [0.05, 0.1) is 0 Å². The van der Waals surface area contributed by atoms with Crippen molar-refractivity contribution in [1.82, 2.24) is 0 Å². The first-order valence-corrected chi connectivity index (χ1v) is 3.39. The van der Waals surface area contributed by atoms with Crippen molar-refractivity contribution in [3.05, 3.63) is 0 Å². The summed E-state index contributed by atoms with van der Waals surface area (Å²) in [5, 5.41) is 0. The molecule has 0 radical (unpaired) electrons. The highest BCUT2D eigenvalue weighted by Crippen LogP contribution is 2.32. The molecule has 1 unspecified atom stereocenters. The Morgan fingerprint density at radius 2 is 1.71 bits per heavy atom. The molecule has 0 fully saturated rings. The molecular weight excluding hydrogens is 224 g/mol. The molecule has 0 amide bonds. The maximum Gasteiger partial charge on any atom is 0.200 e. The van der Waals surface area contributed by atoms with Crippen molar-refractivity contribution in [2.45, 2.75) is 8.74 Å². The van der Waals surface area contributed by atoms with E-state index >= 15 is 0 Å². The second-order valence-corrected chi connectivity index (χ2v) is 4.96. The van der Waals surface area contributed by atoms with Crippen molar-refractivity contribution >= 4 is 50.7 Å². The molecule has 0 aliphatic rings. The molecule has 0 bridgehead atoms. The number of hydrogen-bond acceptors (Lipinski definition) is 1. The molecule has 0 saturated carbocycles. The van der Waals surface area contributed by atoms with Crippen LogP contribution < -0.4 is 5.73 Å². The molecule has 7 heavy (non-hydrogen) atoms. The quantitative estimate of drug-likeness (QED) is 0.538. The lowest BCUT2D eigenvalue weighted by Crippen LogP contribution is -2.27. The van der Waals surface area contributed by atoms with E-state index in [9.17, 15) is 0 Å². The average molecular weight is 227 g/mol. The summed E-state index contributed by atoms with van der Waals surface area (Å²) in [6, 6.07) is 0. The van der Waals surface area contributed by atoms with E-state index in [0.717, 1.165) is 0 Å². The van der Waals surface area contributed by atoms with Crippen LogP contribution in [-0.4, -0.2) is 8.74 Å². The summed E-state index contributed by atoms with van der Waals surface area (Å²) in [4.78, 5) is 0. The number of rotatable bonds is 1. The molecule has 1 nitrogen and oxygen atoms in total. The minimum atomic E-state index is -1.20. The molecule has 2 N–H and O–H groups in total. The van der Waals surface area contributed by atoms with Gasteiger partial charge in [0.25, 0.3) is 0 Å². The smallest absolute Gasteiger partial charge is 0.200 e. The third-order valence-corrected chi connectivity index (χ3v) is 2.09. The second kappa shape index (κ2) is 2.74. The van der Waals surface area contributed by atoms with Crippen LogP contribution in [0, 0.1) is 0 Å². The highest BCUT2D eigenvalue weighted by Gasteiger charge is 2.25. The lowest BCUT2D eigenvalue weighted by Gasteiger charge is -2.11. The summed E-state index contributed by atoms with van der Waals surface area (Å²) in [6.45, 7) is 0. The lowest BCUT2D eigenvalue weighted by molar-refractivity contribution is 0.957. The van der Waals surface area contributed by atoms with Crippen LogP contribution in [0.5, 0.6) is 0 Å². The van der Waals surface area contributed by atoms with Crippen LogP contribution >= 0.6 is 50.7 Å². The number of nitrogens with two attached hydrogens (primary N) is 1. The third kappa shape index (κ3) is 3.86. The topological polar surface area (TPSA) is 26.0 Å². The van der Waals surface area contributed by atoms with Gasteiger partial charge in [0.15, 0.2) is 0 Å². The molecule has 0 saturated heterocycles. The first-order valence-electron chi connectivity index (χ1n) is 1.41. The van der Waals surface area contributed by atoms with Crippen molar-refractivity contribution in [2.24, 2.45) is 5.73 Å². The molecule has 44 valence electrons. The van der Waals surface area contributed by atoms with Crippen LogP contribution in [0.1, 0.15) is 0 Å². The molecule has 0 aliphatic heterocycles. The Balaban J connectivity index is 3.54. The van der Waals surface area contributed by atoms with Crippen LogP contribution in [0.2, 0.25) is 0 Å². The zero-order valence-corrected chi connectivity index (χ0v) is 7.02. The maximum absolute atomic E-state index is 5.29. The second-order valence-electron chi connectivity index (χ2n) is 0.943. The van der Waals surface area contributed by atoms with Crippen molar-refractivity contribution in [1.29, 1.82) is 0 Å². The van der Waals surface area contributed by atoms with Crippen LogP contribution in [0.3, 0.4) is 0 Å². The fourth-order valence-electron chi connectivity index (χ4n) is 0. The Kier molecular flexibility index (Phi) is 3.25. The monoisotopic (exact) mass is 225 g/mol. The van der Waals surface area contributed by atoms with Crippen molar-refractivity contribution < 1.29 is 0 Å². The van der Waals surface area contributed by atoms with E-state index in [4.69, 9.17) is 40.5 Å². The summed E-state index contributed by atoms with van der Waals surface area (Å²) < 4.78 is -1.20. The van der Waals surface area contributed by atoms with E-state index < -0.39 is 8.74 Å². The number of alkyl halides is 4. The third-order valence-electron chi connectivity index (χ3n) is 0.313. The van der Waals surface area contributed by atoms with E-state index in [-0.39, 0.29) is 0 Å². The molecule has 0 spiro atoms. The van der Waals surface area contributed by atoms with E-state index in [1.165, 1.54) is 0 Å². The van der Waals surface area contributed by atoms with E-state index in [1.807, 2.05) is 0 Å². The van der Waals surface area contributed by atoms with Gasteiger partial charge < -0.3 is 5.73 Å². The Morgan fingerprint density at radius 3 is 1.71 bits per heavy atom. The van der Waals surface area contributed by atoms with Gasteiger partial charge in [-0.1, -0.05) is 23.2 Å². The molecule has 0 aromatic rings. The Morgan fingerprint density at radius 1 is 1.57 bits per heavy atom. The standard InChI is InChI=1S/C2H3BrCl3N/c3-2(5,6)1(4)7/h1H,7H2.